The van der Waals surface area contributed by atoms with Gasteiger partial charge in [0.25, 0.3) is 0 Å². The van der Waals surface area contributed by atoms with Crippen molar-refractivity contribution in [2.24, 2.45) is 5.73 Å². The lowest BCUT2D eigenvalue weighted by molar-refractivity contribution is -0.0445. The molecule has 3 rings (SSSR count). The topological polar surface area (TPSA) is 109 Å². The van der Waals surface area contributed by atoms with E-state index in [0.717, 1.165) is 0 Å². The van der Waals surface area contributed by atoms with Crippen molar-refractivity contribution < 1.29 is 13.6 Å². The highest BCUT2D eigenvalue weighted by molar-refractivity contribution is 6.74. The quantitative estimate of drug-likeness (QED) is 0.526. The number of nitrogens with zero attached hydrogens (tertiary/aromatic N) is 4. The number of imidazole rings is 1. The largest absolute Gasteiger partial charge is 0.414 e. The number of ether oxygens (including phenoxy) is 1. The molecule has 0 spiro atoms. The van der Waals surface area contributed by atoms with Gasteiger partial charge in [-0.15, -0.1) is 0 Å². The summed E-state index contributed by atoms with van der Waals surface area (Å²) in [6, 6.07) is -0.341. The molecule has 34 heavy (non-hydrogen) atoms. The van der Waals surface area contributed by atoms with Gasteiger partial charge in [0.1, 0.15) is 17.9 Å². The van der Waals surface area contributed by atoms with Gasteiger partial charge in [-0.2, -0.15) is 0 Å². The molecule has 0 radical (unpaired) electrons. The normalized spacial score (nSPS) is 24.7. The van der Waals surface area contributed by atoms with Crippen LogP contribution in [0.25, 0.3) is 11.2 Å². The summed E-state index contributed by atoms with van der Waals surface area (Å²) in [5.74, 6) is 0.672. The fourth-order valence-electron chi connectivity index (χ4n) is 3.50. The van der Waals surface area contributed by atoms with Gasteiger partial charge in [-0.1, -0.05) is 41.5 Å². The van der Waals surface area contributed by atoms with Gasteiger partial charge >= 0.3 is 0 Å². The third-order valence-corrected chi connectivity index (χ3v) is 16.9. The molecule has 2 aromatic heterocycles. The molecule has 9 nitrogen and oxygen atoms in total. The first kappa shape index (κ1) is 27.2. The zero-order chi connectivity index (χ0) is 25.7. The molecule has 1 saturated heterocycles. The standard InChI is InChI=1S/C23H44N6O3Si2/c1-22(2,3)33(8,9)30-12-15-16(24)18(32-34(10,11)23(4,5)6)21(31-15)29-14-28-17-19(25-7)26-13-27-20(17)29/h13-16,18,21H,12,24H2,1-11H3,(H,25,26,27)/t15-,16-,18-,21-/m1/s1. The van der Waals surface area contributed by atoms with Crippen molar-refractivity contribution in [1.82, 2.24) is 19.5 Å². The zero-order valence-electron chi connectivity index (χ0n) is 22.8. The Morgan fingerprint density at radius 2 is 1.65 bits per heavy atom. The summed E-state index contributed by atoms with van der Waals surface area (Å²) in [6.07, 6.45) is 2.18. The van der Waals surface area contributed by atoms with Gasteiger partial charge in [-0.3, -0.25) is 4.57 Å². The van der Waals surface area contributed by atoms with Crippen LogP contribution >= 0.6 is 0 Å². The van der Waals surface area contributed by atoms with E-state index in [9.17, 15) is 0 Å². The number of hydrogen-bond acceptors (Lipinski definition) is 8. The van der Waals surface area contributed by atoms with Gasteiger partial charge in [0.15, 0.2) is 34.3 Å². The number of anilines is 1. The molecule has 11 heteroatoms. The van der Waals surface area contributed by atoms with E-state index in [0.29, 0.717) is 23.6 Å². The van der Waals surface area contributed by atoms with Crippen LogP contribution in [0.2, 0.25) is 36.3 Å². The molecule has 0 aromatic carbocycles. The van der Waals surface area contributed by atoms with E-state index in [1.165, 1.54) is 6.33 Å². The van der Waals surface area contributed by atoms with Crippen LogP contribution in [0.1, 0.15) is 47.8 Å². The first-order valence-corrected chi connectivity index (χ1v) is 17.9. The molecule has 0 unspecified atom stereocenters. The second-order valence-electron chi connectivity index (χ2n) is 12.4. The van der Waals surface area contributed by atoms with Gasteiger partial charge in [-0.25, -0.2) is 15.0 Å². The van der Waals surface area contributed by atoms with Crippen LogP contribution in [-0.4, -0.2) is 68.1 Å². The van der Waals surface area contributed by atoms with Gasteiger partial charge in [0, 0.05) is 7.05 Å². The van der Waals surface area contributed by atoms with Crippen molar-refractivity contribution in [2.75, 3.05) is 19.0 Å². The molecular weight excluding hydrogens is 464 g/mol. The van der Waals surface area contributed by atoms with E-state index in [2.05, 4.69) is 88.0 Å². The second kappa shape index (κ2) is 9.25. The Bertz CT molecular complexity index is 999. The van der Waals surface area contributed by atoms with E-state index in [1.54, 1.807) is 6.33 Å². The average molecular weight is 509 g/mol. The van der Waals surface area contributed by atoms with Crippen molar-refractivity contribution in [2.45, 2.75) is 102 Å². The molecule has 0 amide bonds. The Kier molecular flexibility index (Phi) is 7.40. The van der Waals surface area contributed by atoms with E-state index >= 15 is 0 Å². The third kappa shape index (κ3) is 5.10. The summed E-state index contributed by atoms with van der Waals surface area (Å²) in [5, 5.41) is 3.22. The van der Waals surface area contributed by atoms with Gasteiger partial charge in [-0.05, 0) is 36.3 Å². The number of nitrogens with one attached hydrogen (secondary N) is 1. The van der Waals surface area contributed by atoms with Crippen molar-refractivity contribution in [1.29, 1.82) is 0 Å². The lowest BCUT2D eigenvalue weighted by atomic mass is 10.1. The predicted octanol–water partition coefficient (Wildman–Crippen LogP) is 4.50. The van der Waals surface area contributed by atoms with E-state index in [4.69, 9.17) is 19.3 Å². The summed E-state index contributed by atoms with van der Waals surface area (Å²) in [4.78, 5) is 13.4. The third-order valence-electron chi connectivity index (χ3n) is 7.93. The Labute approximate surface area is 206 Å². The first-order chi connectivity index (χ1) is 15.5. The maximum Gasteiger partial charge on any atom is 0.192 e. The van der Waals surface area contributed by atoms with Crippen LogP contribution in [-0.2, 0) is 13.6 Å². The minimum atomic E-state index is -2.14. The fraction of sp³-hybridized carbons (Fsp3) is 0.783. The van der Waals surface area contributed by atoms with Gasteiger partial charge < -0.3 is 24.6 Å². The van der Waals surface area contributed by atoms with E-state index in [-0.39, 0.29) is 28.3 Å². The summed E-state index contributed by atoms with van der Waals surface area (Å²) < 4.78 is 21.9. The van der Waals surface area contributed by atoms with Gasteiger partial charge in [0.05, 0.1) is 25.1 Å². The molecule has 1 fully saturated rings. The molecule has 3 N–H and O–H groups in total. The highest BCUT2D eigenvalue weighted by Crippen LogP contribution is 2.43. The molecule has 2 aromatic rings. The number of hydrogen-bond donors (Lipinski definition) is 2. The molecule has 3 heterocycles. The van der Waals surface area contributed by atoms with Crippen LogP contribution in [0.5, 0.6) is 0 Å². The molecule has 1 aliphatic rings. The van der Waals surface area contributed by atoms with Crippen LogP contribution in [0.15, 0.2) is 12.7 Å². The molecule has 0 saturated carbocycles. The van der Waals surface area contributed by atoms with Crippen molar-refractivity contribution in [3.05, 3.63) is 12.7 Å². The van der Waals surface area contributed by atoms with Crippen LogP contribution < -0.4 is 11.1 Å². The minimum Gasteiger partial charge on any atom is -0.414 e. The molecule has 0 aliphatic carbocycles. The van der Waals surface area contributed by atoms with Crippen molar-refractivity contribution >= 4 is 33.6 Å². The van der Waals surface area contributed by atoms with Crippen LogP contribution in [0, 0.1) is 0 Å². The van der Waals surface area contributed by atoms with Crippen molar-refractivity contribution in [3.8, 4) is 0 Å². The summed E-state index contributed by atoms with van der Waals surface area (Å²) in [7, 11) is -2.28. The van der Waals surface area contributed by atoms with E-state index in [1.807, 2.05) is 11.6 Å². The van der Waals surface area contributed by atoms with Crippen molar-refractivity contribution in [3.63, 3.8) is 0 Å². The highest BCUT2D eigenvalue weighted by atomic mass is 28.4. The predicted molar refractivity (Wildman–Crippen MR) is 142 cm³/mol. The zero-order valence-corrected chi connectivity index (χ0v) is 24.8. The maximum atomic E-state index is 6.88. The lowest BCUT2D eigenvalue weighted by Crippen LogP contribution is -2.52. The molecule has 0 bridgehead atoms. The Morgan fingerprint density at radius 1 is 1.03 bits per heavy atom. The molecule has 1 aliphatic heterocycles. The Morgan fingerprint density at radius 3 is 2.21 bits per heavy atom. The summed E-state index contributed by atoms with van der Waals surface area (Å²) in [5.41, 5.74) is 8.21. The number of fused-ring (bicyclic) bond motifs is 1. The van der Waals surface area contributed by atoms with Crippen LogP contribution in [0.3, 0.4) is 0 Å². The fourth-order valence-corrected chi connectivity index (χ4v) is 5.83. The number of rotatable bonds is 7. The number of aromatic nitrogens is 4. The van der Waals surface area contributed by atoms with E-state index < -0.39 is 22.9 Å². The summed E-state index contributed by atoms with van der Waals surface area (Å²) >= 11 is 0. The monoisotopic (exact) mass is 508 g/mol. The highest BCUT2D eigenvalue weighted by Gasteiger charge is 2.50. The SMILES string of the molecule is CNc1ncnc2c1ncn2[C@@H]1O[C@H](CO[Si](C)(C)C(C)(C)C)[C@@H](N)[C@H]1O[Si](C)(C)C(C)(C)C. The molecule has 192 valence electrons. The average Bonchev–Trinajstić information content (AvgIpc) is 3.26. The number of nitrogens with two attached hydrogens (primary N) is 1. The first-order valence-electron chi connectivity index (χ1n) is 12.1. The Balaban J connectivity index is 1.97. The maximum absolute atomic E-state index is 6.88. The van der Waals surface area contributed by atoms with Gasteiger partial charge in [0.2, 0.25) is 0 Å². The lowest BCUT2D eigenvalue weighted by Gasteiger charge is -2.40. The Hall–Kier alpha value is -1.38. The second-order valence-corrected chi connectivity index (χ2v) is 21.9. The van der Waals surface area contributed by atoms with Crippen LogP contribution in [0.4, 0.5) is 5.82 Å². The molecular formula is C23H44N6O3Si2. The smallest absolute Gasteiger partial charge is 0.192 e. The minimum absolute atomic E-state index is 0.0332. The molecule has 4 atom stereocenters. The summed E-state index contributed by atoms with van der Waals surface area (Å²) in [6.45, 7) is 22.8.